The van der Waals surface area contributed by atoms with E-state index in [9.17, 15) is 0 Å². The van der Waals surface area contributed by atoms with E-state index in [-0.39, 0.29) is 6.61 Å². The Morgan fingerprint density at radius 2 is 1.88 bits per heavy atom. The van der Waals surface area contributed by atoms with Crippen molar-refractivity contribution in [1.29, 1.82) is 0 Å². The maximum atomic E-state index is 9.17. The lowest BCUT2D eigenvalue weighted by Crippen LogP contribution is -2.32. The van der Waals surface area contributed by atoms with E-state index in [0.717, 1.165) is 12.2 Å². The summed E-state index contributed by atoms with van der Waals surface area (Å²) in [6.45, 7) is 3.82. The molecule has 0 spiro atoms. The van der Waals surface area contributed by atoms with Gasteiger partial charge >= 0.3 is 0 Å². The molecule has 0 aromatic heterocycles. The Bertz CT molecular complexity index is 369. The third-order valence-corrected chi connectivity index (χ3v) is 3.09. The van der Waals surface area contributed by atoms with E-state index in [1.807, 2.05) is 19.9 Å². The second kappa shape index (κ2) is 4.46. The first-order valence-electron chi connectivity index (χ1n) is 6.02. The highest BCUT2D eigenvalue weighted by atomic mass is 16.5. The number of hydrogen-bond donors (Lipinski definition) is 1. The number of rotatable bonds is 3. The monoisotopic (exact) mass is 220 g/mol. The molecule has 16 heavy (non-hydrogen) atoms. The average molecular weight is 220 g/mol. The number of aryl methyl sites for hydroxylation is 2. The van der Waals surface area contributed by atoms with E-state index in [4.69, 9.17) is 9.84 Å². The predicted molar refractivity (Wildman–Crippen MR) is 64.9 cm³/mol. The summed E-state index contributed by atoms with van der Waals surface area (Å²) < 4.78 is 5.77. The summed E-state index contributed by atoms with van der Waals surface area (Å²) in [6.07, 6.45) is 4.93. The molecule has 0 saturated heterocycles. The Labute approximate surface area is 97.3 Å². The zero-order valence-corrected chi connectivity index (χ0v) is 10.1. The van der Waals surface area contributed by atoms with Crippen LogP contribution >= 0.6 is 0 Å². The van der Waals surface area contributed by atoms with Gasteiger partial charge in [0.2, 0.25) is 0 Å². The second-order valence-electron chi connectivity index (χ2n) is 5.16. The molecule has 0 unspecified atom stereocenters. The lowest BCUT2D eigenvalue weighted by molar-refractivity contribution is 0.0411. The lowest BCUT2D eigenvalue weighted by atomic mass is 9.92. The molecule has 2 heteroatoms. The number of aliphatic hydroxyl groups is 1. The molecule has 1 aromatic carbocycles. The Balaban J connectivity index is 2.17. The minimum atomic E-state index is -0.497. The molecular formula is C14H20O2. The van der Waals surface area contributed by atoms with Crippen LogP contribution in [0.25, 0.3) is 0 Å². The molecule has 0 aliphatic heterocycles. The molecule has 0 amide bonds. The van der Waals surface area contributed by atoms with Crippen LogP contribution < -0.4 is 4.74 Å². The molecule has 88 valence electrons. The van der Waals surface area contributed by atoms with Gasteiger partial charge in [0.25, 0.3) is 0 Å². The van der Waals surface area contributed by atoms with E-state index in [0.29, 0.717) is 0 Å². The number of fused-ring (bicyclic) bond motifs is 1. The second-order valence-corrected chi connectivity index (χ2v) is 5.16. The van der Waals surface area contributed by atoms with Gasteiger partial charge in [0.15, 0.2) is 0 Å². The normalized spacial score (nSPS) is 15.7. The van der Waals surface area contributed by atoms with Gasteiger partial charge in [-0.2, -0.15) is 0 Å². The van der Waals surface area contributed by atoms with E-state index in [2.05, 4.69) is 12.1 Å². The van der Waals surface area contributed by atoms with Crippen LogP contribution in [-0.2, 0) is 12.8 Å². The molecule has 1 aromatic rings. The van der Waals surface area contributed by atoms with Crippen molar-refractivity contribution < 1.29 is 9.84 Å². The predicted octanol–water partition coefficient (Wildman–Crippen LogP) is 2.72. The Morgan fingerprint density at radius 1 is 1.19 bits per heavy atom. The fraction of sp³-hybridized carbons (Fsp3) is 0.571. The van der Waals surface area contributed by atoms with E-state index in [1.54, 1.807) is 0 Å². The molecule has 2 nitrogen and oxygen atoms in total. The van der Waals surface area contributed by atoms with Crippen LogP contribution in [0.15, 0.2) is 18.2 Å². The molecule has 0 radical (unpaired) electrons. The SMILES string of the molecule is CC(C)(CO)Oc1ccc2c(c1)CCCC2. The van der Waals surface area contributed by atoms with E-state index >= 15 is 0 Å². The summed E-state index contributed by atoms with van der Waals surface area (Å²) in [5, 5.41) is 9.17. The van der Waals surface area contributed by atoms with Crippen molar-refractivity contribution in [3.05, 3.63) is 29.3 Å². The molecule has 1 N–H and O–H groups in total. The largest absolute Gasteiger partial charge is 0.485 e. The van der Waals surface area contributed by atoms with Crippen molar-refractivity contribution in [2.45, 2.75) is 45.1 Å². The number of hydrogen-bond acceptors (Lipinski definition) is 2. The van der Waals surface area contributed by atoms with E-state index in [1.165, 1.54) is 30.4 Å². The van der Waals surface area contributed by atoms with Crippen molar-refractivity contribution >= 4 is 0 Å². The van der Waals surface area contributed by atoms with Crippen molar-refractivity contribution in [2.75, 3.05) is 6.61 Å². The summed E-state index contributed by atoms with van der Waals surface area (Å²) in [6, 6.07) is 6.31. The van der Waals surface area contributed by atoms with Crippen LogP contribution in [0, 0.1) is 0 Å². The number of benzene rings is 1. The third kappa shape index (κ3) is 2.56. The van der Waals surface area contributed by atoms with Crippen LogP contribution in [0.4, 0.5) is 0 Å². The molecule has 0 fully saturated rings. The molecule has 1 aliphatic carbocycles. The zero-order chi connectivity index (χ0) is 11.6. The third-order valence-electron chi connectivity index (χ3n) is 3.09. The minimum absolute atomic E-state index is 0.0318. The first kappa shape index (κ1) is 11.5. The Morgan fingerprint density at radius 3 is 2.56 bits per heavy atom. The Hall–Kier alpha value is -1.02. The van der Waals surface area contributed by atoms with Crippen LogP contribution in [0.3, 0.4) is 0 Å². The van der Waals surface area contributed by atoms with Gasteiger partial charge in [-0.25, -0.2) is 0 Å². The standard InChI is InChI=1S/C14H20O2/c1-14(2,10-15)16-13-8-7-11-5-3-4-6-12(11)9-13/h7-9,15H,3-6,10H2,1-2H3. The molecule has 1 aliphatic rings. The number of ether oxygens (including phenoxy) is 1. The van der Waals surface area contributed by atoms with Crippen molar-refractivity contribution in [3.8, 4) is 5.75 Å². The van der Waals surface area contributed by atoms with Gasteiger partial charge in [0.1, 0.15) is 11.4 Å². The van der Waals surface area contributed by atoms with Gasteiger partial charge < -0.3 is 9.84 Å². The molecular weight excluding hydrogens is 200 g/mol. The highest BCUT2D eigenvalue weighted by Crippen LogP contribution is 2.27. The van der Waals surface area contributed by atoms with E-state index < -0.39 is 5.60 Å². The van der Waals surface area contributed by atoms with Gasteiger partial charge in [-0.05, 0) is 62.8 Å². The molecule has 0 heterocycles. The zero-order valence-electron chi connectivity index (χ0n) is 10.1. The summed E-state index contributed by atoms with van der Waals surface area (Å²) in [5.74, 6) is 0.875. The minimum Gasteiger partial charge on any atom is -0.485 e. The maximum absolute atomic E-state index is 9.17. The van der Waals surface area contributed by atoms with Gasteiger partial charge in [-0.15, -0.1) is 0 Å². The highest BCUT2D eigenvalue weighted by Gasteiger charge is 2.19. The van der Waals surface area contributed by atoms with Crippen molar-refractivity contribution in [3.63, 3.8) is 0 Å². The average Bonchev–Trinajstić information content (AvgIpc) is 2.28. The van der Waals surface area contributed by atoms with Gasteiger partial charge in [0.05, 0.1) is 6.61 Å². The van der Waals surface area contributed by atoms with Crippen LogP contribution in [0.1, 0.15) is 37.8 Å². The van der Waals surface area contributed by atoms with Gasteiger partial charge in [-0.3, -0.25) is 0 Å². The highest BCUT2D eigenvalue weighted by molar-refractivity contribution is 5.37. The fourth-order valence-electron chi connectivity index (χ4n) is 2.12. The molecule has 2 rings (SSSR count). The molecule has 0 atom stereocenters. The summed E-state index contributed by atoms with van der Waals surface area (Å²) in [4.78, 5) is 0. The van der Waals surface area contributed by atoms with Gasteiger partial charge in [0, 0.05) is 0 Å². The quantitative estimate of drug-likeness (QED) is 0.848. The van der Waals surface area contributed by atoms with Crippen LogP contribution in [0.2, 0.25) is 0 Å². The Kier molecular flexibility index (Phi) is 3.20. The number of aliphatic hydroxyl groups excluding tert-OH is 1. The van der Waals surface area contributed by atoms with Crippen LogP contribution in [-0.4, -0.2) is 17.3 Å². The lowest BCUT2D eigenvalue weighted by Gasteiger charge is -2.25. The van der Waals surface area contributed by atoms with Crippen molar-refractivity contribution in [2.24, 2.45) is 0 Å². The first-order valence-corrected chi connectivity index (χ1v) is 6.02. The maximum Gasteiger partial charge on any atom is 0.126 e. The molecule has 0 saturated carbocycles. The van der Waals surface area contributed by atoms with Crippen molar-refractivity contribution in [1.82, 2.24) is 0 Å². The summed E-state index contributed by atoms with van der Waals surface area (Å²) in [7, 11) is 0. The summed E-state index contributed by atoms with van der Waals surface area (Å²) >= 11 is 0. The topological polar surface area (TPSA) is 29.5 Å². The fourth-order valence-corrected chi connectivity index (χ4v) is 2.12. The smallest absolute Gasteiger partial charge is 0.126 e. The summed E-state index contributed by atoms with van der Waals surface area (Å²) in [5.41, 5.74) is 2.38. The van der Waals surface area contributed by atoms with Crippen LogP contribution in [0.5, 0.6) is 5.75 Å². The molecule has 0 bridgehead atoms. The van der Waals surface area contributed by atoms with Gasteiger partial charge in [-0.1, -0.05) is 6.07 Å². The first-order chi connectivity index (χ1) is 7.61.